The third kappa shape index (κ3) is 4.39. The van der Waals surface area contributed by atoms with Gasteiger partial charge in [0.2, 0.25) is 11.8 Å². The fourth-order valence-electron chi connectivity index (χ4n) is 2.12. The van der Waals surface area contributed by atoms with Crippen molar-refractivity contribution < 1.29 is 31.5 Å². The molecule has 2 heterocycles. The van der Waals surface area contributed by atoms with Gasteiger partial charge in [0.05, 0.1) is 12.4 Å². The van der Waals surface area contributed by atoms with Crippen molar-refractivity contribution in [3.63, 3.8) is 0 Å². The smallest absolute Gasteiger partial charge is 0.419 e. The highest BCUT2D eigenvalue weighted by atomic mass is 19.4. The van der Waals surface area contributed by atoms with E-state index in [9.17, 15) is 26.7 Å². The third-order valence-electron chi connectivity index (χ3n) is 3.30. The van der Waals surface area contributed by atoms with Crippen LogP contribution in [0.3, 0.4) is 0 Å². The van der Waals surface area contributed by atoms with Crippen molar-refractivity contribution in [1.82, 2.24) is 19.7 Å². The molecule has 0 spiro atoms. The van der Waals surface area contributed by atoms with Gasteiger partial charge in [-0.25, -0.2) is 18.4 Å². The number of hydrogen-bond acceptors (Lipinski definition) is 5. The maximum absolute atomic E-state index is 13.2. The molecule has 0 fully saturated rings. The van der Waals surface area contributed by atoms with Crippen molar-refractivity contribution in [3.8, 4) is 11.8 Å². The first-order chi connectivity index (χ1) is 13.1. The zero-order chi connectivity index (χ0) is 20.5. The lowest BCUT2D eigenvalue weighted by Crippen LogP contribution is -2.14. The van der Waals surface area contributed by atoms with Crippen molar-refractivity contribution in [3.05, 3.63) is 59.7 Å². The topological polar surface area (TPSA) is 81.9 Å². The van der Waals surface area contributed by atoms with Gasteiger partial charge in [0, 0.05) is 24.9 Å². The number of halogens is 5. The third-order valence-corrected chi connectivity index (χ3v) is 3.30. The number of alkyl halides is 3. The summed E-state index contributed by atoms with van der Waals surface area (Å²) >= 11 is 0. The Labute approximate surface area is 153 Å². The average molecular weight is 399 g/mol. The van der Waals surface area contributed by atoms with Gasteiger partial charge in [-0.15, -0.1) is 0 Å². The molecule has 3 aromatic rings. The molecule has 0 bridgehead atoms. The van der Waals surface area contributed by atoms with Crippen molar-refractivity contribution >= 4 is 11.6 Å². The van der Waals surface area contributed by atoms with Crippen LogP contribution >= 0.6 is 0 Å². The normalized spacial score (nSPS) is 11.4. The molecule has 0 radical (unpaired) electrons. The lowest BCUT2D eigenvalue weighted by Gasteiger charge is -2.07. The number of benzene rings is 1. The Bertz CT molecular complexity index is 1010. The van der Waals surface area contributed by atoms with E-state index in [2.05, 4.69) is 20.4 Å². The minimum atomic E-state index is -4.66. The first-order valence-electron chi connectivity index (χ1n) is 7.50. The Kier molecular flexibility index (Phi) is 4.94. The number of aryl methyl sites for hydroxylation is 1. The maximum Gasteiger partial charge on any atom is 0.435 e. The lowest BCUT2D eigenvalue weighted by molar-refractivity contribution is -0.141. The van der Waals surface area contributed by atoms with Crippen LogP contribution in [-0.2, 0) is 13.2 Å². The fraction of sp³-hybridized carbons (Fsp3) is 0.125. The Balaban J connectivity index is 1.79. The second-order valence-electron chi connectivity index (χ2n) is 5.45. The molecular weight excluding hydrogens is 389 g/mol. The molecule has 0 aliphatic rings. The molecule has 1 amide bonds. The Morgan fingerprint density at radius 1 is 1.11 bits per heavy atom. The Hall–Kier alpha value is -3.57. The van der Waals surface area contributed by atoms with Crippen molar-refractivity contribution in [1.29, 1.82) is 0 Å². The minimum Gasteiger partial charge on any atom is -0.419 e. The summed E-state index contributed by atoms with van der Waals surface area (Å²) in [7, 11) is 1.23. The highest BCUT2D eigenvalue weighted by Crippen LogP contribution is 2.31. The largest absolute Gasteiger partial charge is 0.435 e. The molecule has 0 unspecified atom stereocenters. The number of nitrogens with one attached hydrogen (secondary N) is 1. The minimum absolute atomic E-state index is 0.155. The average Bonchev–Trinajstić information content (AvgIpc) is 2.95. The van der Waals surface area contributed by atoms with Crippen LogP contribution in [0.5, 0.6) is 11.8 Å². The highest BCUT2D eigenvalue weighted by molar-refractivity contribution is 6.02. The van der Waals surface area contributed by atoms with Crippen LogP contribution in [0.1, 0.15) is 16.2 Å². The van der Waals surface area contributed by atoms with E-state index in [-0.39, 0.29) is 23.1 Å². The van der Waals surface area contributed by atoms with Crippen molar-refractivity contribution in [2.75, 3.05) is 5.32 Å². The molecule has 0 saturated carbocycles. The zero-order valence-corrected chi connectivity index (χ0v) is 14.0. The summed E-state index contributed by atoms with van der Waals surface area (Å²) in [5.41, 5.74) is -1.61. The fourth-order valence-corrected chi connectivity index (χ4v) is 2.12. The number of amides is 1. The molecule has 2 aromatic heterocycles. The quantitative estimate of drug-likeness (QED) is 0.679. The molecule has 28 heavy (non-hydrogen) atoms. The number of aromatic nitrogens is 4. The van der Waals surface area contributed by atoms with Gasteiger partial charge in [0.25, 0.3) is 5.91 Å². The van der Waals surface area contributed by atoms with Crippen LogP contribution in [0.25, 0.3) is 0 Å². The summed E-state index contributed by atoms with van der Waals surface area (Å²) < 4.78 is 70.5. The number of nitrogens with zero attached hydrogens (tertiary/aromatic N) is 4. The molecule has 0 atom stereocenters. The number of rotatable bonds is 4. The van der Waals surface area contributed by atoms with E-state index in [4.69, 9.17) is 4.74 Å². The van der Waals surface area contributed by atoms with Crippen LogP contribution < -0.4 is 10.1 Å². The van der Waals surface area contributed by atoms with E-state index >= 15 is 0 Å². The SMILES string of the molecule is Cn1nc(C(F)(F)F)cc1Oc1cncc(C(=O)Nc2cc(F)cc(F)c2)n1. The molecule has 0 aliphatic carbocycles. The molecule has 12 heteroatoms. The molecule has 0 saturated heterocycles. The van der Waals surface area contributed by atoms with Crippen LogP contribution in [0.15, 0.2) is 36.7 Å². The molecule has 146 valence electrons. The highest BCUT2D eigenvalue weighted by Gasteiger charge is 2.35. The van der Waals surface area contributed by atoms with Crippen LogP contribution in [0, 0.1) is 11.6 Å². The molecular formula is C16H10F5N5O2. The van der Waals surface area contributed by atoms with E-state index in [0.29, 0.717) is 12.1 Å². The van der Waals surface area contributed by atoms with Gasteiger partial charge in [0.15, 0.2) is 11.4 Å². The summed E-state index contributed by atoms with van der Waals surface area (Å²) in [6.07, 6.45) is -2.55. The summed E-state index contributed by atoms with van der Waals surface area (Å²) in [4.78, 5) is 19.7. The van der Waals surface area contributed by atoms with Crippen LogP contribution in [0.2, 0.25) is 0 Å². The summed E-state index contributed by atoms with van der Waals surface area (Å²) in [5, 5.41) is 5.50. The second-order valence-corrected chi connectivity index (χ2v) is 5.45. The van der Waals surface area contributed by atoms with E-state index < -0.39 is 29.4 Å². The van der Waals surface area contributed by atoms with Gasteiger partial charge in [-0.05, 0) is 12.1 Å². The van der Waals surface area contributed by atoms with Gasteiger partial charge in [-0.1, -0.05) is 0 Å². The number of hydrogen-bond donors (Lipinski definition) is 1. The maximum atomic E-state index is 13.2. The predicted molar refractivity (Wildman–Crippen MR) is 84.6 cm³/mol. The number of anilines is 1. The number of carbonyl (C=O) groups is 1. The Morgan fingerprint density at radius 3 is 2.39 bits per heavy atom. The first kappa shape index (κ1) is 19.2. The molecule has 1 N–H and O–H groups in total. The van der Waals surface area contributed by atoms with Gasteiger partial charge >= 0.3 is 6.18 Å². The Morgan fingerprint density at radius 2 is 1.79 bits per heavy atom. The van der Waals surface area contributed by atoms with Crippen LogP contribution in [0.4, 0.5) is 27.6 Å². The molecule has 3 rings (SSSR count). The lowest BCUT2D eigenvalue weighted by atomic mass is 10.3. The van der Waals surface area contributed by atoms with E-state index in [0.717, 1.165) is 29.2 Å². The summed E-state index contributed by atoms with van der Waals surface area (Å²) in [6, 6.07) is 3.07. The zero-order valence-electron chi connectivity index (χ0n) is 14.0. The van der Waals surface area contributed by atoms with Crippen molar-refractivity contribution in [2.45, 2.75) is 6.18 Å². The summed E-state index contributed by atoms with van der Waals surface area (Å²) in [6.45, 7) is 0. The van der Waals surface area contributed by atoms with Gasteiger partial charge in [-0.3, -0.25) is 9.78 Å². The first-order valence-corrected chi connectivity index (χ1v) is 7.50. The van der Waals surface area contributed by atoms with Crippen LogP contribution in [-0.4, -0.2) is 25.7 Å². The molecule has 7 nitrogen and oxygen atoms in total. The summed E-state index contributed by atoms with van der Waals surface area (Å²) in [5.74, 6) is -3.21. The number of carbonyl (C=O) groups excluding carboxylic acids is 1. The molecule has 1 aromatic carbocycles. The van der Waals surface area contributed by atoms with Gasteiger partial charge in [-0.2, -0.15) is 18.3 Å². The van der Waals surface area contributed by atoms with E-state index in [1.165, 1.54) is 7.05 Å². The standard InChI is InChI=1S/C16H10F5N5O2/c1-26-14(5-12(25-26)16(19,20)21)28-13-7-22-6-11(24-13)15(27)23-10-3-8(17)2-9(18)4-10/h2-7H,1H3,(H,23,27). The van der Waals surface area contributed by atoms with E-state index in [1.54, 1.807) is 0 Å². The monoisotopic (exact) mass is 399 g/mol. The number of ether oxygens (including phenoxy) is 1. The van der Waals surface area contributed by atoms with Crippen molar-refractivity contribution in [2.24, 2.45) is 7.05 Å². The van der Waals surface area contributed by atoms with E-state index in [1.807, 2.05) is 0 Å². The predicted octanol–water partition coefficient (Wildman–Crippen LogP) is 3.55. The molecule has 0 aliphatic heterocycles. The second kappa shape index (κ2) is 7.21. The van der Waals surface area contributed by atoms with Gasteiger partial charge in [0.1, 0.15) is 11.6 Å². The van der Waals surface area contributed by atoms with Gasteiger partial charge < -0.3 is 10.1 Å².